The lowest BCUT2D eigenvalue weighted by Crippen LogP contribution is -2.60. The zero-order valence-corrected chi connectivity index (χ0v) is 15.1. The first-order valence-corrected chi connectivity index (χ1v) is 8.24. The molecule has 10 heteroatoms. The number of imidazole rings is 1. The van der Waals surface area contributed by atoms with E-state index in [4.69, 9.17) is 10.5 Å². The molecule has 0 spiro atoms. The molecule has 7 nitrogen and oxygen atoms in total. The standard InChI is InChI=1S/C17H20F3N5O2/c1-15(2,3)27-14(26)24-16(7-17(19,20)8-16)12-6-25(9-23-12)13-11(18)4-10(21)5-22-13/h4-6,9H,7-8,21H2,1-3H3,(H,24,26). The van der Waals surface area contributed by atoms with Gasteiger partial charge in [-0.05, 0) is 20.8 Å². The van der Waals surface area contributed by atoms with Crippen LogP contribution in [-0.2, 0) is 10.3 Å². The van der Waals surface area contributed by atoms with Gasteiger partial charge < -0.3 is 15.8 Å². The number of ether oxygens (including phenoxy) is 1. The highest BCUT2D eigenvalue weighted by Crippen LogP contribution is 2.51. The number of pyridine rings is 1. The quantitative estimate of drug-likeness (QED) is 0.849. The summed E-state index contributed by atoms with van der Waals surface area (Å²) in [6, 6.07) is 1.09. The number of nitrogens with zero attached hydrogens (tertiary/aromatic N) is 3. The Kier molecular flexibility index (Phi) is 4.32. The van der Waals surface area contributed by atoms with Gasteiger partial charge in [0.1, 0.15) is 11.9 Å². The zero-order chi connectivity index (χ0) is 20.0. The SMILES string of the molecule is CC(C)(C)OC(=O)NC1(c2cn(-c3ncc(N)cc3F)cn2)CC(F)(F)C1. The molecule has 0 unspecified atom stereocenters. The minimum atomic E-state index is -2.94. The van der Waals surface area contributed by atoms with Gasteiger partial charge in [-0.25, -0.2) is 27.9 Å². The number of halogens is 3. The van der Waals surface area contributed by atoms with Crippen LogP contribution in [0, 0.1) is 5.82 Å². The van der Waals surface area contributed by atoms with Crippen molar-refractivity contribution >= 4 is 11.8 Å². The number of amides is 1. The number of carbonyl (C=O) groups is 1. The molecular weight excluding hydrogens is 363 g/mol. The second-order valence-corrected chi connectivity index (χ2v) is 7.66. The van der Waals surface area contributed by atoms with Crippen LogP contribution in [0.15, 0.2) is 24.8 Å². The van der Waals surface area contributed by atoms with Gasteiger partial charge in [0.2, 0.25) is 0 Å². The van der Waals surface area contributed by atoms with E-state index in [1.807, 2.05) is 0 Å². The van der Waals surface area contributed by atoms with E-state index >= 15 is 0 Å². The molecule has 27 heavy (non-hydrogen) atoms. The summed E-state index contributed by atoms with van der Waals surface area (Å²) in [5.41, 5.74) is 3.60. The van der Waals surface area contributed by atoms with Gasteiger partial charge in [-0.2, -0.15) is 0 Å². The minimum Gasteiger partial charge on any atom is -0.444 e. The summed E-state index contributed by atoms with van der Waals surface area (Å²) >= 11 is 0. The average Bonchev–Trinajstić information content (AvgIpc) is 2.92. The topological polar surface area (TPSA) is 95.1 Å². The maximum absolute atomic E-state index is 14.1. The largest absolute Gasteiger partial charge is 0.444 e. The molecule has 0 aliphatic heterocycles. The van der Waals surface area contributed by atoms with Crippen LogP contribution >= 0.6 is 0 Å². The molecule has 1 fully saturated rings. The van der Waals surface area contributed by atoms with Crippen LogP contribution in [-0.4, -0.2) is 32.2 Å². The highest BCUT2D eigenvalue weighted by molar-refractivity contribution is 5.69. The Bertz CT molecular complexity index is 868. The first-order chi connectivity index (χ1) is 12.4. The Labute approximate surface area is 153 Å². The van der Waals surface area contributed by atoms with Crippen LogP contribution < -0.4 is 11.1 Å². The molecule has 0 bridgehead atoms. The van der Waals surface area contributed by atoms with Crippen molar-refractivity contribution < 1.29 is 22.7 Å². The predicted octanol–water partition coefficient (Wildman–Crippen LogP) is 3.14. The van der Waals surface area contributed by atoms with E-state index in [0.29, 0.717) is 0 Å². The number of nitrogens with one attached hydrogen (secondary N) is 1. The monoisotopic (exact) mass is 383 g/mol. The summed E-state index contributed by atoms with van der Waals surface area (Å²) in [6.45, 7) is 5.00. The Morgan fingerprint density at radius 3 is 2.56 bits per heavy atom. The summed E-state index contributed by atoms with van der Waals surface area (Å²) in [5.74, 6) is -3.71. The molecule has 0 atom stereocenters. The summed E-state index contributed by atoms with van der Waals surface area (Å²) in [6.07, 6.45) is 1.77. The first-order valence-electron chi connectivity index (χ1n) is 8.24. The van der Waals surface area contributed by atoms with Gasteiger partial charge in [0.15, 0.2) is 11.6 Å². The third-order valence-corrected chi connectivity index (χ3v) is 4.02. The lowest BCUT2D eigenvalue weighted by atomic mass is 9.71. The van der Waals surface area contributed by atoms with Crippen LogP contribution in [0.25, 0.3) is 5.82 Å². The van der Waals surface area contributed by atoms with E-state index in [-0.39, 0.29) is 17.2 Å². The molecular formula is C17H20F3N5O2. The van der Waals surface area contributed by atoms with Crippen molar-refractivity contribution in [1.82, 2.24) is 19.9 Å². The van der Waals surface area contributed by atoms with E-state index < -0.39 is 41.8 Å². The molecule has 1 saturated carbocycles. The smallest absolute Gasteiger partial charge is 0.408 e. The van der Waals surface area contributed by atoms with Gasteiger partial charge >= 0.3 is 6.09 Å². The number of carbonyl (C=O) groups excluding carboxylic acids is 1. The number of hydrogen-bond donors (Lipinski definition) is 2. The number of hydrogen-bond acceptors (Lipinski definition) is 5. The van der Waals surface area contributed by atoms with Crippen molar-refractivity contribution in [3.63, 3.8) is 0 Å². The van der Waals surface area contributed by atoms with Gasteiger partial charge in [0.25, 0.3) is 5.92 Å². The van der Waals surface area contributed by atoms with Crippen LogP contribution in [0.4, 0.5) is 23.7 Å². The fourth-order valence-electron chi connectivity index (χ4n) is 2.99. The normalized spacial score (nSPS) is 17.9. The molecule has 0 aromatic carbocycles. The fraction of sp³-hybridized carbons (Fsp3) is 0.471. The number of rotatable bonds is 3. The average molecular weight is 383 g/mol. The fourth-order valence-corrected chi connectivity index (χ4v) is 2.99. The van der Waals surface area contributed by atoms with Gasteiger partial charge in [-0.1, -0.05) is 0 Å². The molecule has 3 N–H and O–H groups in total. The van der Waals surface area contributed by atoms with Gasteiger partial charge in [-0.15, -0.1) is 0 Å². The molecule has 3 rings (SSSR count). The summed E-state index contributed by atoms with van der Waals surface area (Å²) in [7, 11) is 0. The summed E-state index contributed by atoms with van der Waals surface area (Å²) in [4.78, 5) is 20.1. The Hall–Kier alpha value is -2.78. The molecule has 1 amide bonds. The van der Waals surface area contributed by atoms with Crippen LogP contribution in [0.5, 0.6) is 0 Å². The van der Waals surface area contributed by atoms with Crippen molar-refractivity contribution in [2.24, 2.45) is 0 Å². The molecule has 2 heterocycles. The lowest BCUT2D eigenvalue weighted by Gasteiger charge is -2.46. The second-order valence-electron chi connectivity index (χ2n) is 7.66. The highest BCUT2D eigenvalue weighted by Gasteiger charge is 2.60. The number of nitrogen functional groups attached to an aromatic ring is 1. The van der Waals surface area contributed by atoms with Gasteiger partial charge in [0.05, 0.1) is 23.1 Å². The van der Waals surface area contributed by atoms with Gasteiger partial charge in [0, 0.05) is 25.1 Å². The molecule has 2 aromatic heterocycles. The third kappa shape index (κ3) is 3.99. The maximum Gasteiger partial charge on any atom is 0.408 e. The predicted molar refractivity (Wildman–Crippen MR) is 91.0 cm³/mol. The Balaban J connectivity index is 1.89. The van der Waals surface area contributed by atoms with E-state index in [1.165, 1.54) is 23.3 Å². The lowest BCUT2D eigenvalue weighted by molar-refractivity contribution is -0.137. The van der Waals surface area contributed by atoms with Crippen LogP contribution in [0.3, 0.4) is 0 Å². The molecule has 0 radical (unpaired) electrons. The van der Waals surface area contributed by atoms with Crippen molar-refractivity contribution in [1.29, 1.82) is 0 Å². The van der Waals surface area contributed by atoms with E-state index in [0.717, 1.165) is 6.07 Å². The van der Waals surface area contributed by atoms with Crippen LogP contribution in [0.1, 0.15) is 39.3 Å². The second kappa shape index (κ2) is 6.14. The summed E-state index contributed by atoms with van der Waals surface area (Å²) < 4.78 is 47.7. The first kappa shape index (κ1) is 19.0. The number of aromatic nitrogens is 3. The van der Waals surface area contributed by atoms with E-state index in [9.17, 15) is 18.0 Å². The van der Waals surface area contributed by atoms with Crippen molar-refractivity contribution in [3.8, 4) is 5.82 Å². The number of nitrogens with two attached hydrogens (primary N) is 1. The number of anilines is 1. The van der Waals surface area contributed by atoms with Crippen LogP contribution in [0.2, 0.25) is 0 Å². The highest BCUT2D eigenvalue weighted by atomic mass is 19.3. The Morgan fingerprint density at radius 1 is 1.33 bits per heavy atom. The number of alkyl halides is 2. The van der Waals surface area contributed by atoms with E-state index in [1.54, 1.807) is 20.8 Å². The molecule has 1 aliphatic carbocycles. The maximum atomic E-state index is 14.1. The van der Waals surface area contributed by atoms with Gasteiger partial charge in [-0.3, -0.25) is 4.57 Å². The molecule has 0 saturated heterocycles. The molecule has 2 aromatic rings. The molecule has 146 valence electrons. The van der Waals surface area contributed by atoms with E-state index in [2.05, 4.69) is 15.3 Å². The zero-order valence-electron chi connectivity index (χ0n) is 15.1. The van der Waals surface area contributed by atoms with Crippen molar-refractivity contribution in [3.05, 3.63) is 36.3 Å². The number of alkyl carbamates (subject to hydrolysis) is 1. The molecule has 1 aliphatic rings. The minimum absolute atomic E-state index is 0.0820. The third-order valence-electron chi connectivity index (χ3n) is 4.02. The van der Waals surface area contributed by atoms with Crippen molar-refractivity contribution in [2.75, 3.05) is 5.73 Å². The van der Waals surface area contributed by atoms with Crippen molar-refractivity contribution in [2.45, 2.75) is 50.7 Å². The summed E-state index contributed by atoms with van der Waals surface area (Å²) in [5, 5.41) is 2.50. The Morgan fingerprint density at radius 2 is 2.00 bits per heavy atom.